The third-order valence-corrected chi connectivity index (χ3v) is 2.26. The minimum absolute atomic E-state index is 0.290. The van der Waals surface area contributed by atoms with Crippen molar-refractivity contribution in [1.29, 1.82) is 0 Å². The molecule has 0 aliphatic carbocycles. The van der Waals surface area contributed by atoms with Crippen molar-refractivity contribution in [3.8, 4) is 0 Å². The summed E-state index contributed by atoms with van der Waals surface area (Å²) in [7, 11) is 0. The van der Waals surface area contributed by atoms with Gasteiger partial charge in [0.2, 0.25) is 5.96 Å². The SMILES string of the molecule is C/C(=N\N=C(/N)n1ccnc1)c1ccccc1. The van der Waals surface area contributed by atoms with Crippen molar-refractivity contribution < 1.29 is 0 Å². The number of aromatic nitrogens is 2. The molecule has 17 heavy (non-hydrogen) atoms. The van der Waals surface area contributed by atoms with Crippen molar-refractivity contribution in [2.24, 2.45) is 15.9 Å². The molecule has 0 saturated heterocycles. The second-order valence-corrected chi connectivity index (χ2v) is 3.48. The second kappa shape index (κ2) is 5.07. The van der Waals surface area contributed by atoms with Crippen LogP contribution in [0.5, 0.6) is 0 Å². The van der Waals surface area contributed by atoms with Gasteiger partial charge in [-0.3, -0.25) is 4.57 Å². The molecule has 5 nitrogen and oxygen atoms in total. The maximum absolute atomic E-state index is 5.73. The Morgan fingerprint density at radius 1 is 1.24 bits per heavy atom. The van der Waals surface area contributed by atoms with Crippen LogP contribution in [0, 0.1) is 0 Å². The molecule has 1 heterocycles. The molecule has 0 aliphatic heterocycles. The number of nitrogens with zero attached hydrogens (tertiary/aromatic N) is 4. The number of rotatable bonds is 2. The van der Waals surface area contributed by atoms with Gasteiger partial charge in [-0.15, -0.1) is 5.10 Å². The Labute approximate surface area is 99.3 Å². The summed E-state index contributed by atoms with van der Waals surface area (Å²) in [6.45, 7) is 1.89. The molecule has 0 unspecified atom stereocenters. The van der Waals surface area contributed by atoms with Crippen molar-refractivity contribution in [3.05, 3.63) is 54.6 Å². The van der Waals surface area contributed by atoms with Crippen molar-refractivity contribution in [1.82, 2.24) is 9.55 Å². The highest BCUT2D eigenvalue weighted by atomic mass is 15.3. The zero-order chi connectivity index (χ0) is 12.1. The fraction of sp³-hybridized carbons (Fsp3) is 0.0833. The molecule has 0 spiro atoms. The number of imidazole rings is 1. The van der Waals surface area contributed by atoms with Crippen LogP contribution in [0.2, 0.25) is 0 Å². The fourth-order valence-corrected chi connectivity index (χ4v) is 1.31. The van der Waals surface area contributed by atoms with Crippen LogP contribution in [0.15, 0.2) is 59.3 Å². The van der Waals surface area contributed by atoms with E-state index in [1.807, 2.05) is 37.3 Å². The van der Waals surface area contributed by atoms with Crippen LogP contribution in [0.1, 0.15) is 12.5 Å². The average molecular weight is 227 g/mol. The number of hydrogen-bond donors (Lipinski definition) is 1. The zero-order valence-electron chi connectivity index (χ0n) is 9.49. The first kappa shape index (κ1) is 11.1. The molecule has 1 aromatic heterocycles. The lowest BCUT2D eigenvalue weighted by molar-refractivity contribution is 1.06. The normalized spacial score (nSPS) is 12.8. The molecule has 86 valence electrons. The highest BCUT2D eigenvalue weighted by Crippen LogP contribution is 2.00. The summed E-state index contributed by atoms with van der Waals surface area (Å²) in [4.78, 5) is 3.88. The van der Waals surface area contributed by atoms with Gasteiger partial charge in [-0.05, 0) is 12.5 Å². The van der Waals surface area contributed by atoms with Gasteiger partial charge in [-0.25, -0.2) is 4.98 Å². The minimum atomic E-state index is 0.290. The molecule has 0 aliphatic rings. The molecule has 0 amide bonds. The van der Waals surface area contributed by atoms with Gasteiger partial charge in [-0.1, -0.05) is 30.3 Å². The molecule has 0 fully saturated rings. The van der Waals surface area contributed by atoms with Gasteiger partial charge >= 0.3 is 0 Å². The molecule has 0 atom stereocenters. The minimum Gasteiger partial charge on any atom is -0.368 e. The van der Waals surface area contributed by atoms with Crippen LogP contribution < -0.4 is 5.73 Å². The molecule has 0 bridgehead atoms. The lowest BCUT2D eigenvalue weighted by Gasteiger charge is -1.99. The Hall–Kier alpha value is -2.43. The predicted octanol–water partition coefficient (Wildman–Crippen LogP) is 1.47. The number of benzene rings is 1. The van der Waals surface area contributed by atoms with Crippen molar-refractivity contribution in [2.45, 2.75) is 6.92 Å². The average Bonchev–Trinajstić information content (AvgIpc) is 2.90. The van der Waals surface area contributed by atoms with Gasteiger partial charge in [-0.2, -0.15) is 5.10 Å². The van der Waals surface area contributed by atoms with Crippen LogP contribution >= 0.6 is 0 Å². The summed E-state index contributed by atoms with van der Waals surface area (Å²) in [6, 6.07) is 9.82. The Morgan fingerprint density at radius 2 is 2.00 bits per heavy atom. The van der Waals surface area contributed by atoms with Crippen molar-refractivity contribution >= 4 is 11.7 Å². The Bertz CT molecular complexity index is 525. The smallest absolute Gasteiger partial charge is 0.225 e. The molecular formula is C12H13N5. The zero-order valence-corrected chi connectivity index (χ0v) is 9.49. The van der Waals surface area contributed by atoms with E-state index in [-0.39, 0.29) is 5.96 Å². The van der Waals surface area contributed by atoms with E-state index in [1.165, 1.54) is 0 Å². The number of hydrogen-bond acceptors (Lipinski definition) is 3. The first-order valence-corrected chi connectivity index (χ1v) is 5.19. The third-order valence-electron chi connectivity index (χ3n) is 2.26. The van der Waals surface area contributed by atoms with E-state index >= 15 is 0 Å². The Morgan fingerprint density at radius 3 is 2.65 bits per heavy atom. The van der Waals surface area contributed by atoms with E-state index in [9.17, 15) is 0 Å². The Balaban J connectivity index is 2.18. The lowest BCUT2D eigenvalue weighted by atomic mass is 10.1. The molecule has 5 heteroatoms. The van der Waals surface area contributed by atoms with Crippen LogP contribution in [0.3, 0.4) is 0 Å². The van der Waals surface area contributed by atoms with Gasteiger partial charge in [0.25, 0.3) is 0 Å². The third kappa shape index (κ3) is 2.78. The maximum Gasteiger partial charge on any atom is 0.225 e. The van der Waals surface area contributed by atoms with E-state index in [4.69, 9.17) is 5.73 Å². The van der Waals surface area contributed by atoms with Crippen molar-refractivity contribution in [2.75, 3.05) is 0 Å². The lowest BCUT2D eigenvalue weighted by Crippen LogP contribution is -2.20. The monoisotopic (exact) mass is 227 g/mol. The Kier molecular flexibility index (Phi) is 3.30. The molecular weight excluding hydrogens is 214 g/mol. The summed E-state index contributed by atoms with van der Waals surface area (Å²) in [5.41, 5.74) is 7.57. The molecule has 2 aromatic rings. The number of nitrogens with two attached hydrogens (primary N) is 1. The summed E-state index contributed by atoms with van der Waals surface area (Å²) in [5.74, 6) is 0.290. The van der Waals surface area contributed by atoms with Gasteiger partial charge in [0.15, 0.2) is 0 Å². The quantitative estimate of drug-likeness (QED) is 0.479. The van der Waals surface area contributed by atoms with Crippen LogP contribution in [0.25, 0.3) is 0 Å². The largest absolute Gasteiger partial charge is 0.368 e. The molecule has 0 saturated carbocycles. The van der Waals surface area contributed by atoms with E-state index in [0.717, 1.165) is 11.3 Å². The predicted molar refractivity (Wildman–Crippen MR) is 67.9 cm³/mol. The topological polar surface area (TPSA) is 68.6 Å². The summed E-state index contributed by atoms with van der Waals surface area (Å²) in [6.07, 6.45) is 4.93. The highest BCUT2D eigenvalue weighted by molar-refractivity contribution is 5.99. The molecule has 2 N–H and O–H groups in total. The highest BCUT2D eigenvalue weighted by Gasteiger charge is 1.96. The molecule has 1 aromatic carbocycles. The summed E-state index contributed by atoms with van der Waals surface area (Å²) >= 11 is 0. The van der Waals surface area contributed by atoms with Gasteiger partial charge in [0, 0.05) is 12.4 Å². The first-order valence-electron chi connectivity index (χ1n) is 5.19. The van der Waals surface area contributed by atoms with Crippen molar-refractivity contribution in [3.63, 3.8) is 0 Å². The van der Waals surface area contributed by atoms with E-state index in [2.05, 4.69) is 15.2 Å². The molecule has 2 rings (SSSR count). The molecule has 0 radical (unpaired) electrons. The first-order chi connectivity index (χ1) is 8.27. The second-order valence-electron chi connectivity index (χ2n) is 3.48. The fourth-order valence-electron chi connectivity index (χ4n) is 1.31. The van der Waals surface area contributed by atoms with Gasteiger partial charge < -0.3 is 5.73 Å². The maximum atomic E-state index is 5.73. The van der Waals surface area contributed by atoms with E-state index in [0.29, 0.717) is 0 Å². The van der Waals surface area contributed by atoms with Gasteiger partial charge in [0.1, 0.15) is 6.33 Å². The van der Waals surface area contributed by atoms with E-state index in [1.54, 1.807) is 23.3 Å². The van der Waals surface area contributed by atoms with Gasteiger partial charge in [0.05, 0.1) is 5.71 Å². The standard InChI is InChI=1S/C12H13N5/c1-10(11-5-3-2-4-6-11)15-16-12(13)17-8-7-14-9-17/h2-9H,1H3,(H2,13,16)/b15-10+. The summed E-state index contributed by atoms with van der Waals surface area (Å²) < 4.78 is 1.60. The van der Waals surface area contributed by atoms with Crippen LogP contribution in [0.4, 0.5) is 0 Å². The van der Waals surface area contributed by atoms with Crippen LogP contribution in [-0.2, 0) is 0 Å². The van der Waals surface area contributed by atoms with Crippen LogP contribution in [-0.4, -0.2) is 21.2 Å². The summed E-state index contributed by atoms with van der Waals surface area (Å²) in [5, 5.41) is 8.03. The van der Waals surface area contributed by atoms with E-state index < -0.39 is 0 Å².